The lowest BCUT2D eigenvalue weighted by Crippen LogP contribution is -2.17. The highest BCUT2D eigenvalue weighted by Crippen LogP contribution is 2.30. The van der Waals surface area contributed by atoms with Gasteiger partial charge in [0.2, 0.25) is 0 Å². The average Bonchev–Trinajstić information content (AvgIpc) is 2.83. The van der Waals surface area contributed by atoms with Crippen molar-refractivity contribution < 1.29 is 23.8 Å². The fraction of sp³-hybridized carbons (Fsp3) is 0.0800. The van der Waals surface area contributed by atoms with Crippen molar-refractivity contribution in [2.75, 3.05) is 13.7 Å². The van der Waals surface area contributed by atoms with Crippen LogP contribution in [0.1, 0.15) is 26.3 Å². The molecule has 3 aromatic carbocycles. The maximum absolute atomic E-state index is 12.5. The van der Waals surface area contributed by atoms with Gasteiger partial charge < -0.3 is 14.2 Å². The molecule has 0 fully saturated rings. The standard InChI is InChI=1S/C25H20Cl2N2O5/c1-3-12-33-19-8-5-17(6-9-19)24(30)29-28-15-16-4-11-22(23(13-16)32-2)34-25(31)20-10-7-18(26)14-21(20)27/h3-11,13-15H,1,12H2,2H3,(H,29,30)/b28-15+. The normalized spacial score (nSPS) is 10.6. The molecule has 0 heterocycles. The van der Waals surface area contributed by atoms with Gasteiger partial charge in [-0.2, -0.15) is 5.10 Å². The third kappa shape index (κ3) is 6.60. The first-order valence-corrected chi connectivity index (χ1v) is 10.7. The van der Waals surface area contributed by atoms with Crippen molar-refractivity contribution in [3.63, 3.8) is 0 Å². The van der Waals surface area contributed by atoms with E-state index in [1.807, 2.05) is 0 Å². The van der Waals surface area contributed by atoms with Gasteiger partial charge in [0.15, 0.2) is 11.5 Å². The van der Waals surface area contributed by atoms with Crippen LogP contribution >= 0.6 is 23.2 Å². The van der Waals surface area contributed by atoms with Crippen LogP contribution in [-0.2, 0) is 0 Å². The van der Waals surface area contributed by atoms with Gasteiger partial charge >= 0.3 is 5.97 Å². The summed E-state index contributed by atoms with van der Waals surface area (Å²) in [6.45, 7) is 3.96. The molecule has 0 aromatic heterocycles. The first-order chi connectivity index (χ1) is 16.4. The van der Waals surface area contributed by atoms with E-state index in [1.165, 1.54) is 25.5 Å². The lowest BCUT2D eigenvalue weighted by molar-refractivity contribution is 0.0729. The number of ether oxygens (including phenoxy) is 3. The van der Waals surface area contributed by atoms with Gasteiger partial charge in [0, 0.05) is 10.6 Å². The highest BCUT2D eigenvalue weighted by molar-refractivity contribution is 6.36. The third-order valence-corrected chi connectivity index (χ3v) is 4.95. The Bertz CT molecular complexity index is 1230. The molecule has 3 aromatic rings. The number of nitrogens with zero attached hydrogens (tertiary/aromatic N) is 1. The second-order valence-corrected chi connectivity index (χ2v) is 7.59. The number of benzene rings is 3. The molecule has 0 radical (unpaired) electrons. The number of carbonyl (C=O) groups is 2. The van der Waals surface area contributed by atoms with E-state index in [0.717, 1.165) is 0 Å². The van der Waals surface area contributed by atoms with Gasteiger partial charge in [0.1, 0.15) is 12.4 Å². The molecule has 3 rings (SSSR count). The predicted octanol–water partition coefficient (Wildman–Crippen LogP) is 5.55. The van der Waals surface area contributed by atoms with Crippen molar-refractivity contribution in [3.05, 3.63) is 100 Å². The first kappa shape index (κ1) is 24.8. The molecule has 0 aliphatic heterocycles. The van der Waals surface area contributed by atoms with Crippen LogP contribution in [0.25, 0.3) is 0 Å². The average molecular weight is 499 g/mol. The van der Waals surface area contributed by atoms with Crippen LogP contribution in [0.3, 0.4) is 0 Å². The van der Waals surface area contributed by atoms with E-state index in [4.69, 9.17) is 37.4 Å². The Morgan fingerprint density at radius 3 is 2.47 bits per heavy atom. The number of hydrogen-bond acceptors (Lipinski definition) is 6. The number of carbonyl (C=O) groups excluding carboxylic acids is 2. The largest absolute Gasteiger partial charge is 0.493 e. The summed E-state index contributed by atoms with van der Waals surface area (Å²) in [5.41, 5.74) is 3.64. The molecular weight excluding hydrogens is 479 g/mol. The summed E-state index contributed by atoms with van der Waals surface area (Å²) in [6.07, 6.45) is 3.07. The van der Waals surface area contributed by atoms with E-state index in [2.05, 4.69) is 17.1 Å². The minimum Gasteiger partial charge on any atom is -0.493 e. The van der Waals surface area contributed by atoms with E-state index in [9.17, 15) is 9.59 Å². The van der Waals surface area contributed by atoms with E-state index in [1.54, 1.807) is 54.6 Å². The van der Waals surface area contributed by atoms with Crippen LogP contribution in [-0.4, -0.2) is 31.8 Å². The topological polar surface area (TPSA) is 86.2 Å². The Kier molecular flexibility index (Phi) is 8.67. The minimum atomic E-state index is -0.658. The highest BCUT2D eigenvalue weighted by atomic mass is 35.5. The minimum absolute atomic E-state index is 0.168. The fourth-order valence-electron chi connectivity index (χ4n) is 2.75. The zero-order valence-corrected chi connectivity index (χ0v) is 19.6. The summed E-state index contributed by atoms with van der Waals surface area (Å²) < 4.78 is 16.1. The first-order valence-electron chi connectivity index (χ1n) is 9.93. The second kappa shape index (κ2) is 11.9. The Hall–Kier alpha value is -3.81. The van der Waals surface area contributed by atoms with Crippen LogP contribution in [0.5, 0.6) is 17.2 Å². The van der Waals surface area contributed by atoms with Crippen molar-refractivity contribution in [1.29, 1.82) is 0 Å². The predicted molar refractivity (Wildman–Crippen MR) is 132 cm³/mol. The molecule has 0 saturated heterocycles. The lowest BCUT2D eigenvalue weighted by atomic mass is 10.2. The van der Waals surface area contributed by atoms with Crippen LogP contribution in [0.2, 0.25) is 10.0 Å². The van der Waals surface area contributed by atoms with Gasteiger partial charge in [-0.05, 0) is 66.2 Å². The number of esters is 1. The second-order valence-electron chi connectivity index (χ2n) is 6.75. The van der Waals surface area contributed by atoms with Crippen molar-refractivity contribution >= 4 is 41.3 Å². The van der Waals surface area contributed by atoms with Crippen LogP contribution in [0.15, 0.2) is 78.4 Å². The van der Waals surface area contributed by atoms with Crippen molar-refractivity contribution in [3.8, 4) is 17.2 Å². The zero-order valence-electron chi connectivity index (χ0n) is 18.1. The number of halogens is 2. The summed E-state index contributed by atoms with van der Waals surface area (Å²) in [7, 11) is 1.44. The summed E-state index contributed by atoms with van der Waals surface area (Å²) in [5.74, 6) is 0.0758. The molecule has 1 N–H and O–H groups in total. The molecular formula is C25H20Cl2N2O5. The quantitative estimate of drug-likeness (QED) is 0.137. The zero-order chi connectivity index (χ0) is 24.5. The molecule has 9 heteroatoms. The van der Waals surface area contributed by atoms with E-state index >= 15 is 0 Å². The molecule has 0 aliphatic rings. The molecule has 0 bridgehead atoms. The van der Waals surface area contributed by atoms with Crippen molar-refractivity contribution in [1.82, 2.24) is 5.43 Å². The number of methoxy groups -OCH3 is 1. The van der Waals surface area contributed by atoms with E-state index in [0.29, 0.717) is 34.3 Å². The maximum Gasteiger partial charge on any atom is 0.345 e. The van der Waals surface area contributed by atoms with Crippen molar-refractivity contribution in [2.45, 2.75) is 0 Å². The molecule has 34 heavy (non-hydrogen) atoms. The molecule has 0 spiro atoms. The van der Waals surface area contributed by atoms with Gasteiger partial charge in [-0.25, -0.2) is 10.2 Å². The van der Waals surface area contributed by atoms with Crippen LogP contribution in [0.4, 0.5) is 0 Å². The molecule has 0 aliphatic carbocycles. The Labute approximate surface area is 206 Å². The fourth-order valence-corrected chi connectivity index (χ4v) is 3.23. The van der Waals surface area contributed by atoms with Gasteiger partial charge in [0.05, 0.1) is 23.9 Å². The summed E-state index contributed by atoms with van der Waals surface area (Å²) in [5, 5.41) is 4.54. The third-order valence-electron chi connectivity index (χ3n) is 4.41. The van der Waals surface area contributed by atoms with Gasteiger partial charge in [0.25, 0.3) is 5.91 Å². The Morgan fingerprint density at radius 1 is 1.03 bits per heavy atom. The van der Waals surface area contributed by atoms with E-state index in [-0.39, 0.29) is 22.2 Å². The van der Waals surface area contributed by atoms with Gasteiger partial charge in [-0.1, -0.05) is 35.9 Å². The highest BCUT2D eigenvalue weighted by Gasteiger charge is 2.16. The van der Waals surface area contributed by atoms with Gasteiger partial charge in [-0.15, -0.1) is 0 Å². The number of rotatable bonds is 9. The van der Waals surface area contributed by atoms with Crippen LogP contribution < -0.4 is 19.6 Å². The summed E-state index contributed by atoms with van der Waals surface area (Å²) >= 11 is 11.9. The lowest BCUT2D eigenvalue weighted by Gasteiger charge is -2.10. The monoisotopic (exact) mass is 498 g/mol. The molecule has 0 atom stereocenters. The number of hydrazone groups is 1. The number of hydrogen-bond donors (Lipinski definition) is 1. The molecule has 7 nitrogen and oxygen atoms in total. The molecule has 0 saturated carbocycles. The molecule has 174 valence electrons. The summed E-state index contributed by atoms with van der Waals surface area (Å²) in [6, 6.07) is 15.9. The molecule has 0 unspecified atom stereocenters. The van der Waals surface area contributed by atoms with Crippen LogP contribution in [0, 0.1) is 0 Å². The number of nitrogens with one attached hydrogen (secondary N) is 1. The number of amides is 1. The summed E-state index contributed by atoms with van der Waals surface area (Å²) in [4.78, 5) is 24.7. The van der Waals surface area contributed by atoms with Gasteiger partial charge in [-0.3, -0.25) is 4.79 Å². The Balaban J connectivity index is 1.64. The Morgan fingerprint density at radius 2 is 1.79 bits per heavy atom. The smallest absolute Gasteiger partial charge is 0.345 e. The maximum atomic E-state index is 12.5. The molecule has 1 amide bonds. The SMILES string of the molecule is C=CCOc1ccc(C(=O)N/N=C/c2ccc(OC(=O)c3ccc(Cl)cc3Cl)c(OC)c2)cc1. The van der Waals surface area contributed by atoms with Crippen molar-refractivity contribution in [2.24, 2.45) is 5.10 Å². The van der Waals surface area contributed by atoms with E-state index < -0.39 is 5.97 Å².